The maximum atomic E-state index is 13.5. The second-order valence-corrected chi connectivity index (χ2v) is 9.24. The summed E-state index contributed by atoms with van der Waals surface area (Å²) >= 11 is 0. The zero-order chi connectivity index (χ0) is 21.6. The van der Waals surface area contributed by atoms with Crippen LogP contribution in [0.2, 0.25) is 0 Å². The Hall–Kier alpha value is -2.96. The molecule has 0 spiro atoms. The fraction of sp³-hybridized carbons (Fsp3) is 0.208. The van der Waals surface area contributed by atoms with Gasteiger partial charge in [0.05, 0.1) is 17.7 Å². The van der Waals surface area contributed by atoms with Gasteiger partial charge in [0.1, 0.15) is 0 Å². The van der Waals surface area contributed by atoms with Crippen molar-refractivity contribution in [1.82, 2.24) is 4.31 Å². The SMILES string of the molecule is C[C@H](CS(=O)(=O)N(Cc1ccccc1)C(c1ccccc1)c1ccccc1)C(=O)O. The Labute approximate surface area is 177 Å². The number of rotatable bonds is 9. The number of aliphatic carboxylic acids is 1. The minimum atomic E-state index is -3.91. The lowest BCUT2D eigenvalue weighted by Crippen LogP contribution is -2.39. The van der Waals surface area contributed by atoms with E-state index < -0.39 is 33.7 Å². The number of carboxylic acid groups (broad SMARTS) is 1. The van der Waals surface area contributed by atoms with Gasteiger partial charge in [-0.05, 0) is 16.7 Å². The molecule has 0 aliphatic carbocycles. The molecule has 0 bridgehead atoms. The molecule has 0 amide bonds. The Morgan fingerprint density at radius 1 is 0.833 bits per heavy atom. The number of carboxylic acids is 1. The molecule has 3 rings (SSSR count). The summed E-state index contributed by atoms with van der Waals surface area (Å²) in [6.07, 6.45) is 0. The van der Waals surface area contributed by atoms with Crippen LogP contribution < -0.4 is 0 Å². The molecule has 156 valence electrons. The zero-order valence-electron chi connectivity index (χ0n) is 16.8. The molecule has 0 saturated heterocycles. The molecular weight excluding hydrogens is 398 g/mol. The summed E-state index contributed by atoms with van der Waals surface area (Å²) in [4.78, 5) is 11.4. The molecule has 1 atom stereocenters. The van der Waals surface area contributed by atoms with Gasteiger partial charge in [-0.1, -0.05) is 97.9 Å². The third-order valence-corrected chi connectivity index (χ3v) is 6.92. The number of benzene rings is 3. The molecule has 0 radical (unpaired) electrons. The third kappa shape index (κ3) is 5.34. The second kappa shape index (κ2) is 9.69. The fourth-order valence-corrected chi connectivity index (χ4v) is 5.27. The molecular formula is C24H25NO4S. The summed E-state index contributed by atoms with van der Waals surface area (Å²) in [5.41, 5.74) is 2.48. The van der Waals surface area contributed by atoms with Crippen LogP contribution >= 0.6 is 0 Å². The van der Waals surface area contributed by atoms with Gasteiger partial charge in [0.25, 0.3) is 0 Å². The number of carbonyl (C=O) groups is 1. The second-order valence-electron chi connectivity index (χ2n) is 7.27. The van der Waals surface area contributed by atoms with Gasteiger partial charge in [-0.25, -0.2) is 8.42 Å². The standard InChI is InChI=1S/C24H25NO4S/c1-19(24(26)27)18-30(28,29)25(17-20-11-5-2-6-12-20)23(21-13-7-3-8-14-21)22-15-9-4-10-16-22/h2-16,19,23H,17-18H2,1H3,(H,26,27)/t19-/m1/s1. The molecule has 30 heavy (non-hydrogen) atoms. The van der Waals surface area contributed by atoms with E-state index in [2.05, 4.69) is 0 Å². The normalized spacial score (nSPS) is 12.8. The molecule has 3 aromatic carbocycles. The van der Waals surface area contributed by atoms with Gasteiger partial charge in [0, 0.05) is 6.54 Å². The topological polar surface area (TPSA) is 74.7 Å². The fourth-order valence-electron chi connectivity index (χ4n) is 3.39. The molecule has 6 heteroatoms. The Balaban J connectivity index is 2.13. The first kappa shape index (κ1) is 21.7. The predicted octanol–water partition coefficient (Wildman–Crippen LogP) is 4.33. The van der Waals surface area contributed by atoms with Gasteiger partial charge in [-0.2, -0.15) is 4.31 Å². The number of nitrogens with zero attached hydrogens (tertiary/aromatic N) is 1. The summed E-state index contributed by atoms with van der Waals surface area (Å²) in [7, 11) is -3.91. The van der Waals surface area contributed by atoms with E-state index in [1.54, 1.807) is 0 Å². The lowest BCUT2D eigenvalue weighted by molar-refractivity contribution is -0.140. The Morgan fingerprint density at radius 2 is 1.27 bits per heavy atom. The molecule has 0 aliphatic rings. The van der Waals surface area contributed by atoms with Gasteiger partial charge >= 0.3 is 5.97 Å². The molecule has 0 saturated carbocycles. The molecule has 0 fully saturated rings. The molecule has 0 heterocycles. The predicted molar refractivity (Wildman–Crippen MR) is 117 cm³/mol. The van der Waals surface area contributed by atoms with E-state index in [4.69, 9.17) is 0 Å². The van der Waals surface area contributed by atoms with Gasteiger partial charge in [-0.15, -0.1) is 0 Å². The van der Waals surface area contributed by atoms with Crippen molar-refractivity contribution in [1.29, 1.82) is 0 Å². The van der Waals surface area contributed by atoms with E-state index in [0.29, 0.717) is 0 Å². The average Bonchev–Trinajstić information content (AvgIpc) is 2.75. The lowest BCUT2D eigenvalue weighted by atomic mass is 9.98. The van der Waals surface area contributed by atoms with Crippen LogP contribution in [0, 0.1) is 5.92 Å². The van der Waals surface area contributed by atoms with Gasteiger partial charge in [-0.3, -0.25) is 4.79 Å². The van der Waals surface area contributed by atoms with E-state index in [0.717, 1.165) is 16.7 Å². The number of sulfonamides is 1. The van der Waals surface area contributed by atoms with Crippen molar-refractivity contribution in [3.63, 3.8) is 0 Å². The van der Waals surface area contributed by atoms with Crippen molar-refractivity contribution in [3.05, 3.63) is 108 Å². The zero-order valence-corrected chi connectivity index (χ0v) is 17.6. The molecule has 0 aliphatic heterocycles. The molecule has 0 unspecified atom stereocenters. The van der Waals surface area contributed by atoms with Gasteiger partial charge < -0.3 is 5.11 Å². The van der Waals surface area contributed by atoms with E-state index >= 15 is 0 Å². The smallest absolute Gasteiger partial charge is 0.307 e. The minimum Gasteiger partial charge on any atom is -0.481 e. The first-order valence-corrected chi connectivity index (χ1v) is 11.4. The highest BCUT2D eigenvalue weighted by Gasteiger charge is 2.34. The average molecular weight is 424 g/mol. The molecule has 5 nitrogen and oxygen atoms in total. The summed E-state index contributed by atoms with van der Waals surface area (Å²) in [6, 6.07) is 27.6. The lowest BCUT2D eigenvalue weighted by Gasteiger charge is -2.32. The summed E-state index contributed by atoms with van der Waals surface area (Å²) in [5.74, 6) is -2.61. The van der Waals surface area contributed by atoms with Crippen molar-refractivity contribution in [3.8, 4) is 0 Å². The third-order valence-electron chi connectivity index (χ3n) is 4.94. The van der Waals surface area contributed by atoms with Crippen LogP contribution in [0.5, 0.6) is 0 Å². The van der Waals surface area contributed by atoms with E-state index in [1.165, 1.54) is 11.2 Å². The van der Waals surface area contributed by atoms with E-state index in [9.17, 15) is 18.3 Å². The van der Waals surface area contributed by atoms with Crippen molar-refractivity contribution in [2.24, 2.45) is 5.92 Å². The van der Waals surface area contributed by atoms with Gasteiger partial charge in [0.2, 0.25) is 10.0 Å². The van der Waals surface area contributed by atoms with Crippen LogP contribution in [0.3, 0.4) is 0 Å². The van der Waals surface area contributed by atoms with E-state index in [1.807, 2.05) is 91.0 Å². The highest BCUT2D eigenvalue weighted by molar-refractivity contribution is 7.89. The van der Waals surface area contributed by atoms with Crippen LogP contribution in [0.15, 0.2) is 91.0 Å². The Kier molecular flexibility index (Phi) is 7.03. The Morgan fingerprint density at radius 3 is 1.70 bits per heavy atom. The molecule has 1 N–H and O–H groups in total. The van der Waals surface area contributed by atoms with Crippen molar-refractivity contribution in [2.75, 3.05) is 5.75 Å². The van der Waals surface area contributed by atoms with Crippen LogP contribution in [-0.2, 0) is 21.4 Å². The Bertz CT molecular complexity index is 1010. The maximum absolute atomic E-state index is 13.5. The summed E-state index contributed by atoms with van der Waals surface area (Å²) in [5, 5.41) is 9.31. The maximum Gasteiger partial charge on any atom is 0.307 e. The van der Waals surface area contributed by atoms with Crippen LogP contribution in [0.25, 0.3) is 0 Å². The highest BCUT2D eigenvalue weighted by Crippen LogP contribution is 2.33. The number of hydrogen-bond donors (Lipinski definition) is 1. The van der Waals surface area contributed by atoms with Crippen LogP contribution in [0.1, 0.15) is 29.7 Å². The van der Waals surface area contributed by atoms with E-state index in [-0.39, 0.29) is 6.54 Å². The summed E-state index contributed by atoms with van der Waals surface area (Å²) in [6.45, 7) is 1.56. The van der Waals surface area contributed by atoms with Gasteiger partial charge in [0.15, 0.2) is 0 Å². The highest BCUT2D eigenvalue weighted by atomic mass is 32.2. The van der Waals surface area contributed by atoms with Crippen LogP contribution in [-0.4, -0.2) is 29.6 Å². The van der Waals surface area contributed by atoms with Crippen LogP contribution in [0.4, 0.5) is 0 Å². The number of hydrogen-bond acceptors (Lipinski definition) is 3. The van der Waals surface area contributed by atoms with Crippen molar-refractivity contribution < 1.29 is 18.3 Å². The molecule has 0 aromatic heterocycles. The monoisotopic (exact) mass is 423 g/mol. The largest absolute Gasteiger partial charge is 0.481 e. The van der Waals surface area contributed by atoms with Crippen molar-refractivity contribution >= 4 is 16.0 Å². The summed E-state index contributed by atoms with van der Waals surface area (Å²) < 4.78 is 28.4. The quantitative estimate of drug-likeness (QED) is 0.556. The first-order valence-electron chi connectivity index (χ1n) is 9.74. The molecule has 3 aromatic rings. The first-order chi connectivity index (χ1) is 14.4. The van der Waals surface area contributed by atoms with Crippen molar-refractivity contribution in [2.45, 2.75) is 19.5 Å². The minimum absolute atomic E-state index is 0.143.